The Morgan fingerprint density at radius 1 is 1.27 bits per heavy atom. The summed E-state index contributed by atoms with van der Waals surface area (Å²) in [5.41, 5.74) is 8.49. The van der Waals surface area contributed by atoms with Crippen molar-refractivity contribution in [1.82, 2.24) is 0 Å². The molecule has 0 aliphatic heterocycles. The Kier molecular flexibility index (Phi) is 3.45. The first-order valence-corrected chi connectivity index (χ1v) is 4.75. The molecule has 0 saturated heterocycles. The molecule has 1 rings (SSSR count). The van der Waals surface area contributed by atoms with Gasteiger partial charge < -0.3 is 5.73 Å². The van der Waals surface area contributed by atoms with Crippen LogP contribution in [0, 0.1) is 0 Å². The first kappa shape index (κ1) is 11.2. The van der Waals surface area contributed by atoms with Gasteiger partial charge in [-0.1, -0.05) is 18.7 Å². The van der Waals surface area contributed by atoms with Crippen LogP contribution in [0.4, 0.5) is 5.69 Å². The molecule has 0 aromatic heterocycles. The van der Waals surface area contributed by atoms with Crippen LogP contribution >= 0.6 is 0 Å². The molecule has 2 N–H and O–H groups in total. The molecular weight excluding hydrogens is 186 g/mol. The zero-order chi connectivity index (χ0) is 11.4. The van der Waals surface area contributed by atoms with Crippen molar-refractivity contribution in [3.05, 3.63) is 47.6 Å². The van der Waals surface area contributed by atoms with E-state index < -0.39 is 0 Å². The fraction of sp³-hybridized carbons (Fsp3) is 0.154. The van der Waals surface area contributed by atoms with Crippen LogP contribution in [0.5, 0.6) is 0 Å². The number of nitrogens with two attached hydrogens (primary N) is 1. The first-order valence-electron chi connectivity index (χ1n) is 4.75. The average molecular weight is 201 g/mol. The molecule has 0 radical (unpaired) electrons. The van der Waals surface area contributed by atoms with E-state index in [2.05, 4.69) is 6.58 Å². The summed E-state index contributed by atoms with van der Waals surface area (Å²) < 4.78 is 0. The Labute approximate surface area is 90.1 Å². The first-order chi connectivity index (χ1) is 7.00. The van der Waals surface area contributed by atoms with Crippen molar-refractivity contribution < 1.29 is 4.79 Å². The molecule has 1 aromatic rings. The highest BCUT2D eigenvalue weighted by Crippen LogP contribution is 2.12. The summed E-state index contributed by atoms with van der Waals surface area (Å²) in [6, 6.07) is 7.38. The van der Waals surface area contributed by atoms with E-state index in [-0.39, 0.29) is 5.78 Å². The number of carbonyl (C=O) groups excluding carboxylic acids is 1. The molecular formula is C13H15NO. The fourth-order valence-electron chi connectivity index (χ4n) is 1.24. The van der Waals surface area contributed by atoms with Gasteiger partial charge in [-0.05, 0) is 48.8 Å². The number of nitrogen functional groups attached to an aromatic ring is 1. The quantitative estimate of drug-likeness (QED) is 0.603. The second kappa shape index (κ2) is 4.60. The van der Waals surface area contributed by atoms with E-state index in [1.54, 1.807) is 13.8 Å². The largest absolute Gasteiger partial charge is 0.399 e. The number of carbonyl (C=O) groups is 1. The van der Waals surface area contributed by atoms with E-state index in [1.165, 1.54) is 0 Å². The molecule has 2 nitrogen and oxygen atoms in total. The molecule has 0 aliphatic carbocycles. The Morgan fingerprint density at radius 3 is 2.27 bits per heavy atom. The number of benzene rings is 1. The second-order valence-electron chi connectivity index (χ2n) is 3.60. The summed E-state index contributed by atoms with van der Waals surface area (Å²) in [7, 11) is 0. The average Bonchev–Trinajstić information content (AvgIpc) is 2.20. The predicted molar refractivity (Wildman–Crippen MR) is 64.3 cm³/mol. The molecule has 0 atom stereocenters. The molecule has 0 unspecified atom stereocenters. The number of anilines is 1. The van der Waals surface area contributed by atoms with Crippen LogP contribution in [-0.2, 0) is 4.79 Å². The van der Waals surface area contributed by atoms with Gasteiger partial charge in [0.1, 0.15) is 0 Å². The van der Waals surface area contributed by atoms with Crippen LogP contribution in [0.3, 0.4) is 0 Å². The topological polar surface area (TPSA) is 43.1 Å². The zero-order valence-electron chi connectivity index (χ0n) is 9.08. The Hall–Kier alpha value is -1.83. The van der Waals surface area contributed by atoms with Gasteiger partial charge in [-0.25, -0.2) is 0 Å². The summed E-state index contributed by atoms with van der Waals surface area (Å²) in [6.45, 7) is 7.12. The number of rotatable bonds is 3. The molecule has 15 heavy (non-hydrogen) atoms. The van der Waals surface area contributed by atoms with Gasteiger partial charge in [0.25, 0.3) is 0 Å². The van der Waals surface area contributed by atoms with Gasteiger partial charge in [-0.2, -0.15) is 0 Å². The normalized spacial score (nSPS) is 11.2. The molecule has 0 heterocycles. The molecule has 2 heteroatoms. The zero-order valence-corrected chi connectivity index (χ0v) is 9.08. The van der Waals surface area contributed by atoms with Crippen molar-refractivity contribution in [3.63, 3.8) is 0 Å². The van der Waals surface area contributed by atoms with Crippen molar-refractivity contribution in [3.8, 4) is 0 Å². The minimum atomic E-state index is -0.00757. The van der Waals surface area contributed by atoms with Crippen LogP contribution < -0.4 is 5.73 Å². The molecule has 0 saturated carbocycles. The van der Waals surface area contributed by atoms with Crippen LogP contribution in [0.15, 0.2) is 42.0 Å². The second-order valence-corrected chi connectivity index (χ2v) is 3.60. The monoisotopic (exact) mass is 201 g/mol. The number of Topliss-reactive ketones (excluding diaryl/α,β-unsaturated/α-hetero) is 1. The van der Waals surface area contributed by atoms with Crippen molar-refractivity contribution in [2.75, 3.05) is 5.73 Å². The van der Waals surface area contributed by atoms with Crippen molar-refractivity contribution in [2.24, 2.45) is 0 Å². The van der Waals surface area contributed by atoms with Gasteiger partial charge in [0.2, 0.25) is 0 Å². The van der Waals surface area contributed by atoms with E-state index in [9.17, 15) is 4.79 Å². The maximum absolute atomic E-state index is 11.5. The minimum Gasteiger partial charge on any atom is -0.399 e. The number of hydrogen-bond acceptors (Lipinski definition) is 2. The standard InChI is InChI=1S/C13H15NO/c1-9(2)13(15)10(3)8-11-4-6-12(14)7-5-11/h4-8H,1,14H2,2-3H3. The lowest BCUT2D eigenvalue weighted by atomic mass is 10.0. The van der Waals surface area contributed by atoms with Crippen LogP contribution in [-0.4, -0.2) is 5.78 Å². The van der Waals surface area contributed by atoms with E-state index in [0.29, 0.717) is 11.1 Å². The molecule has 0 aliphatic rings. The molecule has 0 spiro atoms. The van der Waals surface area contributed by atoms with E-state index in [0.717, 1.165) is 11.3 Å². The third kappa shape index (κ3) is 3.09. The van der Waals surface area contributed by atoms with Crippen molar-refractivity contribution in [1.29, 1.82) is 0 Å². The summed E-state index contributed by atoms with van der Waals surface area (Å²) in [5, 5.41) is 0. The SMILES string of the molecule is C=C(C)C(=O)C(C)=Cc1ccc(N)cc1. The fourth-order valence-corrected chi connectivity index (χ4v) is 1.24. The predicted octanol–water partition coefficient (Wildman–Crippen LogP) is 2.82. The Balaban J connectivity index is 2.92. The number of hydrogen-bond donors (Lipinski definition) is 1. The van der Waals surface area contributed by atoms with Crippen LogP contribution in [0.1, 0.15) is 19.4 Å². The van der Waals surface area contributed by atoms with Crippen molar-refractivity contribution in [2.45, 2.75) is 13.8 Å². The lowest BCUT2D eigenvalue weighted by Gasteiger charge is -2.00. The molecule has 0 bridgehead atoms. The van der Waals surface area contributed by atoms with E-state index >= 15 is 0 Å². The lowest BCUT2D eigenvalue weighted by molar-refractivity contribution is -0.112. The van der Waals surface area contributed by atoms with Gasteiger partial charge >= 0.3 is 0 Å². The highest BCUT2D eigenvalue weighted by atomic mass is 16.1. The highest BCUT2D eigenvalue weighted by molar-refractivity contribution is 6.09. The summed E-state index contributed by atoms with van der Waals surface area (Å²) in [6.07, 6.45) is 1.83. The third-order valence-corrected chi connectivity index (χ3v) is 2.07. The van der Waals surface area contributed by atoms with E-state index in [4.69, 9.17) is 5.73 Å². The minimum absolute atomic E-state index is 0.00757. The summed E-state index contributed by atoms with van der Waals surface area (Å²) in [5.74, 6) is -0.00757. The Morgan fingerprint density at radius 2 is 1.80 bits per heavy atom. The number of allylic oxidation sites excluding steroid dienone is 2. The lowest BCUT2D eigenvalue weighted by Crippen LogP contribution is -1.99. The smallest absolute Gasteiger partial charge is 0.183 e. The molecule has 1 aromatic carbocycles. The number of ketones is 1. The van der Waals surface area contributed by atoms with Crippen LogP contribution in [0.2, 0.25) is 0 Å². The van der Waals surface area contributed by atoms with E-state index in [1.807, 2.05) is 30.3 Å². The third-order valence-electron chi connectivity index (χ3n) is 2.07. The maximum Gasteiger partial charge on any atom is 0.183 e. The molecule has 78 valence electrons. The maximum atomic E-state index is 11.5. The highest BCUT2D eigenvalue weighted by Gasteiger charge is 2.04. The summed E-state index contributed by atoms with van der Waals surface area (Å²) in [4.78, 5) is 11.5. The Bertz CT molecular complexity index is 413. The van der Waals surface area contributed by atoms with Gasteiger partial charge in [-0.15, -0.1) is 0 Å². The van der Waals surface area contributed by atoms with Gasteiger partial charge in [-0.3, -0.25) is 4.79 Å². The van der Waals surface area contributed by atoms with Gasteiger partial charge in [0.15, 0.2) is 5.78 Å². The van der Waals surface area contributed by atoms with Crippen molar-refractivity contribution >= 4 is 17.5 Å². The van der Waals surface area contributed by atoms with Gasteiger partial charge in [0.05, 0.1) is 0 Å². The summed E-state index contributed by atoms with van der Waals surface area (Å²) >= 11 is 0. The molecule has 0 amide bonds. The van der Waals surface area contributed by atoms with Gasteiger partial charge in [0, 0.05) is 5.69 Å². The van der Waals surface area contributed by atoms with Crippen LogP contribution in [0.25, 0.3) is 6.08 Å². The molecule has 0 fully saturated rings.